The summed E-state index contributed by atoms with van der Waals surface area (Å²) in [5.74, 6) is -0.0247. The predicted octanol–water partition coefficient (Wildman–Crippen LogP) is 8.65. The van der Waals surface area contributed by atoms with E-state index in [-0.39, 0.29) is 36.6 Å². The molecule has 5 N–H and O–H groups in total. The Balaban J connectivity index is 0.857. The molecule has 10 heteroatoms. The number of nitrogens with zero attached hydrogens (tertiary/aromatic N) is 1. The quantitative estimate of drug-likeness (QED) is 0.0458. The third-order valence-electron chi connectivity index (χ3n) is 10.6. The van der Waals surface area contributed by atoms with E-state index in [4.69, 9.17) is 4.74 Å². The number of hydrogen-bond donors (Lipinski definition) is 5. The average Bonchev–Trinajstić information content (AvgIpc) is 3.28. The molecule has 7 rings (SSSR count). The number of piperidine rings is 1. The van der Waals surface area contributed by atoms with Crippen LogP contribution in [0.1, 0.15) is 28.8 Å². The fourth-order valence-electron chi connectivity index (χ4n) is 7.53. The number of phenolic OH excluding ortho intramolecular Hbond substituents is 1. The van der Waals surface area contributed by atoms with E-state index in [0.717, 1.165) is 65.0 Å². The second-order valence-electron chi connectivity index (χ2n) is 14.9. The first kappa shape index (κ1) is 41.6. The van der Waals surface area contributed by atoms with Crippen molar-refractivity contribution in [3.8, 4) is 39.1 Å². The second-order valence-corrected chi connectivity index (χ2v) is 14.9. The number of benzene rings is 6. The molecule has 0 radical (unpaired) electrons. The van der Waals surface area contributed by atoms with Crippen LogP contribution in [0.4, 0.5) is 16.2 Å². The largest absolute Gasteiger partial charge is 0.508 e. The van der Waals surface area contributed by atoms with Gasteiger partial charge >= 0.3 is 6.09 Å². The van der Waals surface area contributed by atoms with Crippen molar-refractivity contribution in [2.24, 2.45) is 0 Å². The van der Waals surface area contributed by atoms with E-state index in [1.54, 1.807) is 36.4 Å². The number of likely N-dealkylation sites (tertiary alicyclic amines) is 1. The molecule has 306 valence electrons. The van der Waals surface area contributed by atoms with Gasteiger partial charge in [-0.1, -0.05) is 121 Å². The van der Waals surface area contributed by atoms with Gasteiger partial charge in [0.05, 0.1) is 18.8 Å². The van der Waals surface area contributed by atoms with Crippen molar-refractivity contribution in [1.82, 2.24) is 15.5 Å². The van der Waals surface area contributed by atoms with E-state index in [0.29, 0.717) is 42.9 Å². The first-order valence-corrected chi connectivity index (χ1v) is 20.6. The van der Waals surface area contributed by atoms with Crippen LogP contribution in [0.2, 0.25) is 0 Å². The Hall–Kier alpha value is -6.59. The van der Waals surface area contributed by atoms with Crippen LogP contribution in [0, 0.1) is 0 Å². The standard InChI is InChI=1S/C50H51N5O5/c56-41-23-21-36(22-24-41)25-28-51-35-48(58)53-40-16-9-15-39(33-40)47(57)34-52-29-32-55-30-26-42(27-31-55)60-50(59)54-46-20-10-19-44(38-13-5-2-6-14-38)49(46)45-18-8-7-17-43(45)37-11-3-1-4-12-37/h1-24,33,42,51-52,56H,25-32,34-35H2,(H,53,58)(H,54,59). The van der Waals surface area contributed by atoms with Gasteiger partial charge in [-0.15, -0.1) is 0 Å². The van der Waals surface area contributed by atoms with E-state index < -0.39 is 6.09 Å². The maximum Gasteiger partial charge on any atom is 0.411 e. The molecule has 0 spiro atoms. The Morgan fingerprint density at radius 2 is 1.27 bits per heavy atom. The van der Waals surface area contributed by atoms with Crippen LogP contribution in [0.15, 0.2) is 152 Å². The number of carbonyl (C=O) groups excluding carboxylic acids is 3. The van der Waals surface area contributed by atoms with Crippen LogP contribution in [-0.2, 0) is 16.0 Å². The second kappa shape index (κ2) is 20.9. The average molecular weight is 802 g/mol. The zero-order chi connectivity index (χ0) is 41.5. The van der Waals surface area contributed by atoms with E-state index in [2.05, 4.69) is 68.6 Å². The summed E-state index contributed by atoms with van der Waals surface area (Å²) in [7, 11) is 0. The number of carbonyl (C=O) groups is 3. The van der Waals surface area contributed by atoms with Crippen molar-refractivity contribution in [3.63, 3.8) is 0 Å². The number of amides is 2. The van der Waals surface area contributed by atoms with Crippen molar-refractivity contribution in [2.45, 2.75) is 25.4 Å². The molecule has 0 unspecified atom stereocenters. The lowest BCUT2D eigenvalue weighted by atomic mass is 9.88. The molecule has 0 aliphatic carbocycles. The molecule has 0 bridgehead atoms. The molecule has 6 aromatic rings. The van der Waals surface area contributed by atoms with Crippen molar-refractivity contribution < 1.29 is 24.2 Å². The van der Waals surface area contributed by atoms with E-state index >= 15 is 0 Å². The lowest BCUT2D eigenvalue weighted by Gasteiger charge is -2.31. The predicted molar refractivity (Wildman–Crippen MR) is 239 cm³/mol. The molecule has 1 saturated heterocycles. The highest BCUT2D eigenvalue weighted by Gasteiger charge is 2.24. The summed E-state index contributed by atoms with van der Waals surface area (Å²) >= 11 is 0. The van der Waals surface area contributed by atoms with E-state index in [1.807, 2.05) is 72.8 Å². The molecule has 10 nitrogen and oxygen atoms in total. The Kier molecular flexibility index (Phi) is 14.5. The minimum absolute atomic E-state index is 0.0581. The summed E-state index contributed by atoms with van der Waals surface area (Å²) in [6.45, 7) is 3.89. The molecule has 2 amide bonds. The molecule has 0 aromatic heterocycles. The Morgan fingerprint density at radius 3 is 2.00 bits per heavy atom. The van der Waals surface area contributed by atoms with Gasteiger partial charge < -0.3 is 30.7 Å². The van der Waals surface area contributed by atoms with E-state index in [1.165, 1.54) is 0 Å². The smallest absolute Gasteiger partial charge is 0.411 e. The van der Waals surface area contributed by atoms with Gasteiger partial charge in [-0.3, -0.25) is 14.9 Å². The molecule has 6 aromatic carbocycles. The highest BCUT2D eigenvalue weighted by Crippen LogP contribution is 2.42. The number of anilines is 2. The minimum Gasteiger partial charge on any atom is -0.508 e. The van der Waals surface area contributed by atoms with Crippen molar-refractivity contribution in [3.05, 3.63) is 163 Å². The number of ketones is 1. The molecule has 60 heavy (non-hydrogen) atoms. The van der Waals surface area contributed by atoms with Gasteiger partial charge in [-0.2, -0.15) is 0 Å². The first-order valence-electron chi connectivity index (χ1n) is 20.6. The first-order chi connectivity index (χ1) is 29.4. The molecule has 0 saturated carbocycles. The topological polar surface area (TPSA) is 132 Å². The summed E-state index contributed by atoms with van der Waals surface area (Å²) in [5, 5.41) is 21.8. The highest BCUT2D eigenvalue weighted by atomic mass is 16.6. The van der Waals surface area contributed by atoms with Gasteiger partial charge in [0.2, 0.25) is 5.91 Å². The van der Waals surface area contributed by atoms with Crippen LogP contribution in [0.5, 0.6) is 5.75 Å². The van der Waals surface area contributed by atoms with Crippen molar-refractivity contribution in [1.29, 1.82) is 0 Å². The number of Topliss-reactive ketones (excluding diaryl/α,β-unsaturated/α-hetero) is 1. The summed E-state index contributed by atoms with van der Waals surface area (Å²) < 4.78 is 6.01. The SMILES string of the molecule is O=C(CNCCc1ccc(O)cc1)Nc1cccc(C(=O)CNCCN2CCC(OC(=O)Nc3cccc(-c4ccccc4)c3-c3ccccc3-c3ccccc3)CC2)c1. The number of hydrogen-bond acceptors (Lipinski definition) is 8. The Morgan fingerprint density at radius 1 is 0.633 bits per heavy atom. The van der Waals surface area contributed by atoms with Gasteiger partial charge in [0.1, 0.15) is 11.9 Å². The molecular weight excluding hydrogens is 751 g/mol. The van der Waals surface area contributed by atoms with Crippen molar-refractivity contribution >= 4 is 29.2 Å². The van der Waals surface area contributed by atoms with Gasteiger partial charge in [-0.25, -0.2) is 4.79 Å². The maximum absolute atomic E-state index is 13.5. The summed E-state index contributed by atoms with van der Waals surface area (Å²) in [4.78, 5) is 41.3. The third kappa shape index (κ3) is 11.5. The monoisotopic (exact) mass is 801 g/mol. The van der Waals surface area contributed by atoms with Gasteiger partial charge in [0.25, 0.3) is 0 Å². The number of aromatic hydroxyl groups is 1. The number of phenols is 1. The Bertz CT molecular complexity index is 2350. The Labute approximate surface area is 351 Å². The molecule has 1 heterocycles. The zero-order valence-corrected chi connectivity index (χ0v) is 33.6. The van der Waals surface area contributed by atoms with Crippen LogP contribution < -0.4 is 21.3 Å². The summed E-state index contributed by atoms with van der Waals surface area (Å²) in [5.41, 5.74) is 9.03. The van der Waals surface area contributed by atoms with Crippen LogP contribution in [0.25, 0.3) is 33.4 Å². The maximum atomic E-state index is 13.5. The summed E-state index contributed by atoms with van der Waals surface area (Å²) in [6.07, 6.45) is 1.48. The highest BCUT2D eigenvalue weighted by molar-refractivity contribution is 6.02. The number of ether oxygens (including phenoxy) is 1. The fourth-order valence-corrected chi connectivity index (χ4v) is 7.53. The van der Waals surface area contributed by atoms with Gasteiger partial charge in [0.15, 0.2) is 5.78 Å². The lowest BCUT2D eigenvalue weighted by molar-refractivity contribution is -0.115. The minimum atomic E-state index is -0.473. The third-order valence-corrected chi connectivity index (χ3v) is 10.6. The molecule has 1 aliphatic heterocycles. The normalized spacial score (nSPS) is 13.1. The summed E-state index contributed by atoms with van der Waals surface area (Å²) in [6, 6.07) is 48.7. The zero-order valence-electron chi connectivity index (χ0n) is 33.6. The molecular formula is C50H51N5O5. The number of nitrogens with one attached hydrogen (secondary N) is 4. The molecule has 1 fully saturated rings. The van der Waals surface area contributed by atoms with Gasteiger partial charge in [0, 0.05) is 43.0 Å². The number of rotatable bonds is 17. The van der Waals surface area contributed by atoms with Crippen LogP contribution >= 0.6 is 0 Å². The lowest BCUT2D eigenvalue weighted by Crippen LogP contribution is -2.42. The van der Waals surface area contributed by atoms with Gasteiger partial charge in [-0.05, 0) is 89.5 Å². The van der Waals surface area contributed by atoms with Crippen LogP contribution in [0.3, 0.4) is 0 Å². The van der Waals surface area contributed by atoms with E-state index in [9.17, 15) is 19.5 Å². The fraction of sp³-hybridized carbons (Fsp3) is 0.220. The molecule has 1 aliphatic rings. The molecule has 0 atom stereocenters. The van der Waals surface area contributed by atoms with Crippen molar-refractivity contribution in [2.75, 3.05) is 56.4 Å². The van der Waals surface area contributed by atoms with Crippen LogP contribution in [-0.4, -0.2) is 79.7 Å².